The predicted octanol–water partition coefficient (Wildman–Crippen LogP) is 3.92. The summed E-state index contributed by atoms with van der Waals surface area (Å²) < 4.78 is 10.6. The summed E-state index contributed by atoms with van der Waals surface area (Å²) in [4.78, 5) is 4.47. The largest absolute Gasteiger partial charge is 0.497 e. The van der Waals surface area contributed by atoms with Crippen molar-refractivity contribution in [2.24, 2.45) is 0 Å². The molecule has 3 aromatic rings. The first kappa shape index (κ1) is 12.5. The zero-order chi connectivity index (χ0) is 13.9. The van der Waals surface area contributed by atoms with Crippen molar-refractivity contribution in [1.29, 1.82) is 0 Å². The van der Waals surface area contributed by atoms with E-state index < -0.39 is 0 Å². The lowest BCUT2D eigenvalue weighted by atomic mass is 10.0. The summed E-state index contributed by atoms with van der Waals surface area (Å²) >= 11 is 0. The van der Waals surface area contributed by atoms with Gasteiger partial charge in [-0.3, -0.25) is 0 Å². The van der Waals surface area contributed by atoms with E-state index in [1.54, 1.807) is 14.2 Å². The van der Waals surface area contributed by atoms with Crippen molar-refractivity contribution in [3.8, 4) is 22.8 Å². The molecule has 0 aliphatic carbocycles. The van der Waals surface area contributed by atoms with Gasteiger partial charge in [0.05, 0.1) is 19.7 Å². The van der Waals surface area contributed by atoms with Crippen LogP contribution in [0.5, 0.6) is 11.6 Å². The fraction of sp³-hybridized carbons (Fsp3) is 0.118. The lowest BCUT2D eigenvalue weighted by Gasteiger charge is -2.10. The van der Waals surface area contributed by atoms with Gasteiger partial charge in [0.2, 0.25) is 5.88 Å². The minimum Gasteiger partial charge on any atom is -0.497 e. The molecule has 0 fully saturated rings. The topological polar surface area (TPSA) is 31.4 Å². The highest BCUT2D eigenvalue weighted by Crippen LogP contribution is 2.32. The second-order valence-electron chi connectivity index (χ2n) is 4.46. The zero-order valence-corrected chi connectivity index (χ0v) is 11.5. The number of pyridine rings is 1. The highest BCUT2D eigenvalue weighted by atomic mass is 16.5. The highest BCUT2D eigenvalue weighted by molar-refractivity contribution is 5.95. The van der Waals surface area contributed by atoms with E-state index in [1.807, 2.05) is 42.5 Å². The van der Waals surface area contributed by atoms with Crippen molar-refractivity contribution in [3.63, 3.8) is 0 Å². The van der Waals surface area contributed by atoms with E-state index >= 15 is 0 Å². The van der Waals surface area contributed by atoms with Crippen LogP contribution in [-0.4, -0.2) is 19.2 Å². The maximum atomic E-state index is 5.30. The van der Waals surface area contributed by atoms with Crippen molar-refractivity contribution in [2.45, 2.75) is 0 Å². The van der Waals surface area contributed by atoms with Gasteiger partial charge in [0.15, 0.2) is 0 Å². The van der Waals surface area contributed by atoms with Crippen LogP contribution < -0.4 is 9.47 Å². The Labute approximate surface area is 117 Å². The van der Waals surface area contributed by atoms with Gasteiger partial charge in [-0.2, -0.15) is 0 Å². The molecule has 100 valence electrons. The van der Waals surface area contributed by atoms with Crippen molar-refractivity contribution >= 4 is 10.9 Å². The van der Waals surface area contributed by atoms with Gasteiger partial charge in [0, 0.05) is 11.5 Å². The highest BCUT2D eigenvalue weighted by Gasteiger charge is 2.08. The molecule has 0 saturated heterocycles. The van der Waals surface area contributed by atoms with Gasteiger partial charge in [-0.15, -0.1) is 0 Å². The van der Waals surface area contributed by atoms with Crippen molar-refractivity contribution in [2.75, 3.05) is 14.2 Å². The molecule has 2 aromatic carbocycles. The zero-order valence-electron chi connectivity index (χ0n) is 11.5. The average molecular weight is 265 g/mol. The van der Waals surface area contributed by atoms with Crippen LogP contribution in [0.2, 0.25) is 0 Å². The molecule has 0 radical (unpaired) electrons. The molecule has 0 aliphatic rings. The van der Waals surface area contributed by atoms with Crippen molar-refractivity contribution in [3.05, 3.63) is 54.6 Å². The molecule has 0 atom stereocenters. The molecule has 1 heterocycles. The van der Waals surface area contributed by atoms with Crippen LogP contribution in [0.15, 0.2) is 54.6 Å². The van der Waals surface area contributed by atoms with Crippen LogP contribution in [-0.2, 0) is 0 Å². The molecule has 3 nitrogen and oxygen atoms in total. The first-order chi connectivity index (χ1) is 9.81. The molecule has 0 spiro atoms. The van der Waals surface area contributed by atoms with E-state index in [-0.39, 0.29) is 0 Å². The third-order valence-corrected chi connectivity index (χ3v) is 3.28. The summed E-state index contributed by atoms with van der Waals surface area (Å²) in [6, 6.07) is 18.0. The molecule has 0 aliphatic heterocycles. The quantitative estimate of drug-likeness (QED) is 0.719. The number of aromatic nitrogens is 1. The van der Waals surface area contributed by atoms with E-state index in [2.05, 4.69) is 17.1 Å². The number of ether oxygens (including phenoxy) is 2. The van der Waals surface area contributed by atoms with Gasteiger partial charge < -0.3 is 9.47 Å². The van der Waals surface area contributed by atoms with Crippen molar-refractivity contribution in [1.82, 2.24) is 4.98 Å². The fourth-order valence-corrected chi connectivity index (χ4v) is 2.29. The Balaban J connectivity index is 2.28. The predicted molar refractivity (Wildman–Crippen MR) is 80.3 cm³/mol. The van der Waals surface area contributed by atoms with Gasteiger partial charge in [0.25, 0.3) is 0 Å². The second-order valence-corrected chi connectivity index (χ2v) is 4.46. The Hall–Kier alpha value is -2.55. The maximum Gasteiger partial charge on any atom is 0.214 e. The number of fused-ring (bicyclic) bond motifs is 1. The molecule has 3 heteroatoms. The second kappa shape index (κ2) is 5.21. The van der Waals surface area contributed by atoms with Gasteiger partial charge >= 0.3 is 0 Å². The molecule has 3 rings (SSSR count). The summed E-state index contributed by atoms with van der Waals surface area (Å²) in [6.07, 6.45) is 0. The summed E-state index contributed by atoms with van der Waals surface area (Å²) in [5.74, 6) is 1.45. The number of benzene rings is 2. The van der Waals surface area contributed by atoms with E-state index in [0.29, 0.717) is 5.88 Å². The number of para-hydroxylation sites is 1. The average Bonchev–Trinajstić information content (AvgIpc) is 2.53. The first-order valence-corrected chi connectivity index (χ1v) is 6.40. The molecule has 0 bridgehead atoms. The van der Waals surface area contributed by atoms with Gasteiger partial charge in [-0.25, -0.2) is 4.98 Å². The molecule has 0 unspecified atom stereocenters. The summed E-state index contributed by atoms with van der Waals surface area (Å²) in [5, 5.41) is 1.10. The van der Waals surface area contributed by atoms with Crippen LogP contribution in [0.1, 0.15) is 0 Å². The molecule has 0 saturated carbocycles. The summed E-state index contributed by atoms with van der Waals surface area (Å²) in [6.45, 7) is 0. The van der Waals surface area contributed by atoms with Crippen molar-refractivity contribution < 1.29 is 9.47 Å². The normalized spacial score (nSPS) is 10.5. The summed E-state index contributed by atoms with van der Waals surface area (Å²) in [5.41, 5.74) is 3.09. The lowest BCUT2D eigenvalue weighted by molar-refractivity contribution is 0.400. The number of methoxy groups -OCH3 is 2. The molecule has 20 heavy (non-hydrogen) atoms. The van der Waals surface area contributed by atoms with E-state index in [0.717, 1.165) is 27.8 Å². The Morgan fingerprint density at radius 2 is 1.70 bits per heavy atom. The third-order valence-electron chi connectivity index (χ3n) is 3.28. The molecular formula is C17H15NO2. The van der Waals surface area contributed by atoms with Crippen LogP contribution in [0.25, 0.3) is 22.0 Å². The maximum absolute atomic E-state index is 5.30. The first-order valence-electron chi connectivity index (χ1n) is 6.40. The van der Waals surface area contributed by atoms with Crippen LogP contribution in [0.3, 0.4) is 0 Å². The van der Waals surface area contributed by atoms with Gasteiger partial charge in [-0.05, 0) is 29.3 Å². The fourth-order valence-electron chi connectivity index (χ4n) is 2.29. The SMILES string of the molecule is COc1cccc(-c2cc(OC)nc3ccccc23)c1. The Morgan fingerprint density at radius 3 is 2.50 bits per heavy atom. The lowest BCUT2D eigenvalue weighted by Crippen LogP contribution is -1.91. The Morgan fingerprint density at radius 1 is 0.850 bits per heavy atom. The van der Waals surface area contributed by atoms with E-state index in [1.165, 1.54) is 0 Å². The van der Waals surface area contributed by atoms with Crippen LogP contribution in [0.4, 0.5) is 0 Å². The number of hydrogen-bond acceptors (Lipinski definition) is 3. The smallest absolute Gasteiger partial charge is 0.214 e. The Kier molecular flexibility index (Phi) is 3.25. The molecule has 0 N–H and O–H groups in total. The minimum atomic E-state index is 0.613. The third kappa shape index (κ3) is 2.18. The van der Waals surface area contributed by atoms with Crippen LogP contribution >= 0.6 is 0 Å². The summed E-state index contributed by atoms with van der Waals surface area (Å²) in [7, 11) is 3.30. The molecule has 0 amide bonds. The van der Waals surface area contributed by atoms with Gasteiger partial charge in [-0.1, -0.05) is 30.3 Å². The molecular weight excluding hydrogens is 250 g/mol. The van der Waals surface area contributed by atoms with E-state index in [9.17, 15) is 0 Å². The minimum absolute atomic E-state index is 0.613. The van der Waals surface area contributed by atoms with E-state index in [4.69, 9.17) is 9.47 Å². The van der Waals surface area contributed by atoms with Gasteiger partial charge in [0.1, 0.15) is 5.75 Å². The monoisotopic (exact) mass is 265 g/mol. The molecule has 1 aromatic heterocycles. The number of nitrogens with zero attached hydrogens (tertiary/aromatic N) is 1. The number of rotatable bonds is 3. The number of hydrogen-bond donors (Lipinski definition) is 0. The Bertz CT molecular complexity index is 753. The van der Waals surface area contributed by atoms with Crippen LogP contribution in [0, 0.1) is 0 Å². The standard InChI is InChI=1S/C17H15NO2/c1-19-13-7-5-6-12(10-13)15-11-17(20-2)18-16-9-4-3-8-14(15)16/h3-11H,1-2H3.